The minimum atomic E-state index is -0.549. The third-order valence-electron chi connectivity index (χ3n) is 4.82. The van der Waals surface area contributed by atoms with Gasteiger partial charge >= 0.3 is 0 Å². The fourth-order valence-corrected chi connectivity index (χ4v) is 3.17. The Morgan fingerprint density at radius 2 is 2.08 bits per heavy atom. The molecule has 3 rings (SSSR count). The molecule has 3 heterocycles. The number of aliphatic hydroxyl groups is 1. The third-order valence-corrected chi connectivity index (χ3v) is 4.82. The Kier molecular flexibility index (Phi) is 5.58. The second-order valence-electron chi connectivity index (χ2n) is 6.77. The van der Waals surface area contributed by atoms with E-state index in [1.165, 1.54) is 5.56 Å². The maximum absolute atomic E-state index is 9.52. The molecule has 1 aliphatic rings. The van der Waals surface area contributed by atoms with Gasteiger partial charge in [0.1, 0.15) is 5.69 Å². The largest absolute Gasteiger partial charge is 0.387 e. The second-order valence-corrected chi connectivity index (χ2v) is 6.77. The summed E-state index contributed by atoms with van der Waals surface area (Å²) in [5, 5.41) is 17.7. The number of nitrogens with zero attached hydrogens (tertiary/aromatic N) is 5. The van der Waals surface area contributed by atoms with Crippen LogP contribution in [0.15, 0.2) is 24.5 Å². The molecular formula is C18H27N5O. The SMILES string of the molecule is CCc1ccc(CN2CCC(Cn3cc([C@H](C)O)nn3)CC2)nc1. The molecule has 0 aromatic carbocycles. The van der Waals surface area contributed by atoms with Gasteiger partial charge in [-0.15, -0.1) is 5.10 Å². The molecule has 6 nitrogen and oxygen atoms in total. The van der Waals surface area contributed by atoms with Crippen molar-refractivity contribution in [2.45, 2.75) is 52.3 Å². The molecule has 1 aliphatic heterocycles. The van der Waals surface area contributed by atoms with E-state index in [9.17, 15) is 5.11 Å². The molecule has 0 unspecified atom stereocenters. The summed E-state index contributed by atoms with van der Waals surface area (Å²) in [7, 11) is 0. The Labute approximate surface area is 143 Å². The summed E-state index contributed by atoms with van der Waals surface area (Å²) < 4.78 is 1.87. The summed E-state index contributed by atoms with van der Waals surface area (Å²) in [6, 6.07) is 4.33. The molecule has 0 amide bonds. The van der Waals surface area contributed by atoms with Gasteiger partial charge in [-0.25, -0.2) is 0 Å². The molecule has 6 heteroatoms. The van der Waals surface area contributed by atoms with Crippen LogP contribution in [0.5, 0.6) is 0 Å². The van der Waals surface area contributed by atoms with Crippen LogP contribution < -0.4 is 0 Å². The average molecular weight is 329 g/mol. The number of aryl methyl sites for hydroxylation is 1. The van der Waals surface area contributed by atoms with E-state index < -0.39 is 6.10 Å². The molecule has 2 aromatic heterocycles. The standard InChI is InChI=1S/C18H27N5O/c1-3-15-4-5-17(19-10-15)12-22-8-6-16(7-9-22)11-23-13-18(14(2)24)20-21-23/h4-5,10,13-14,16,24H,3,6-9,11-12H2,1-2H3/t14-/m0/s1. The van der Waals surface area contributed by atoms with Crippen LogP contribution in [0.2, 0.25) is 0 Å². The first-order chi connectivity index (χ1) is 11.6. The van der Waals surface area contributed by atoms with Gasteiger partial charge in [-0.05, 0) is 56.8 Å². The molecule has 0 radical (unpaired) electrons. The van der Waals surface area contributed by atoms with Crippen molar-refractivity contribution in [2.24, 2.45) is 5.92 Å². The molecule has 1 saturated heterocycles. The maximum atomic E-state index is 9.52. The van der Waals surface area contributed by atoms with Gasteiger partial charge in [-0.2, -0.15) is 0 Å². The van der Waals surface area contributed by atoms with E-state index in [1.54, 1.807) is 6.92 Å². The van der Waals surface area contributed by atoms with E-state index in [0.29, 0.717) is 11.6 Å². The fourth-order valence-electron chi connectivity index (χ4n) is 3.17. The Morgan fingerprint density at radius 1 is 1.29 bits per heavy atom. The Hall–Kier alpha value is -1.79. The van der Waals surface area contributed by atoms with Crippen molar-refractivity contribution in [1.29, 1.82) is 0 Å². The number of likely N-dealkylation sites (tertiary alicyclic amines) is 1. The Balaban J connectivity index is 1.46. The van der Waals surface area contributed by atoms with E-state index in [2.05, 4.69) is 39.3 Å². The van der Waals surface area contributed by atoms with Crippen molar-refractivity contribution < 1.29 is 5.11 Å². The summed E-state index contributed by atoms with van der Waals surface area (Å²) in [5.41, 5.74) is 3.10. The number of hydrogen-bond donors (Lipinski definition) is 1. The highest BCUT2D eigenvalue weighted by Gasteiger charge is 2.20. The van der Waals surface area contributed by atoms with Crippen LogP contribution in [0.3, 0.4) is 0 Å². The highest BCUT2D eigenvalue weighted by molar-refractivity contribution is 5.13. The van der Waals surface area contributed by atoms with Gasteiger partial charge in [0.05, 0.1) is 18.0 Å². The number of aliphatic hydroxyl groups excluding tert-OH is 1. The Bertz CT molecular complexity index is 629. The van der Waals surface area contributed by atoms with E-state index in [0.717, 1.165) is 51.1 Å². The van der Waals surface area contributed by atoms with Crippen molar-refractivity contribution in [3.63, 3.8) is 0 Å². The van der Waals surface area contributed by atoms with Crippen LogP contribution in [0.1, 0.15) is 49.7 Å². The van der Waals surface area contributed by atoms with Gasteiger partial charge in [0.15, 0.2) is 0 Å². The van der Waals surface area contributed by atoms with Gasteiger partial charge < -0.3 is 5.11 Å². The summed E-state index contributed by atoms with van der Waals surface area (Å²) in [5.74, 6) is 0.625. The van der Waals surface area contributed by atoms with Gasteiger partial charge in [0, 0.05) is 19.3 Å². The highest BCUT2D eigenvalue weighted by atomic mass is 16.3. The van der Waals surface area contributed by atoms with E-state index in [4.69, 9.17) is 0 Å². The van der Waals surface area contributed by atoms with Gasteiger partial charge in [-0.1, -0.05) is 18.2 Å². The quantitative estimate of drug-likeness (QED) is 0.880. The molecule has 0 bridgehead atoms. The van der Waals surface area contributed by atoms with E-state index in [-0.39, 0.29) is 0 Å². The fraction of sp³-hybridized carbons (Fsp3) is 0.611. The molecule has 0 spiro atoms. The lowest BCUT2D eigenvalue weighted by molar-refractivity contribution is 0.162. The number of hydrogen-bond acceptors (Lipinski definition) is 5. The zero-order chi connectivity index (χ0) is 16.9. The predicted molar refractivity (Wildman–Crippen MR) is 92.3 cm³/mol. The van der Waals surface area contributed by atoms with Gasteiger partial charge in [0.2, 0.25) is 0 Å². The molecule has 24 heavy (non-hydrogen) atoms. The zero-order valence-corrected chi connectivity index (χ0v) is 14.6. The van der Waals surface area contributed by atoms with Crippen LogP contribution in [0.25, 0.3) is 0 Å². The van der Waals surface area contributed by atoms with Crippen LogP contribution >= 0.6 is 0 Å². The smallest absolute Gasteiger partial charge is 0.111 e. The van der Waals surface area contributed by atoms with E-state index >= 15 is 0 Å². The number of rotatable bonds is 6. The van der Waals surface area contributed by atoms with Crippen LogP contribution in [-0.4, -0.2) is 43.1 Å². The normalized spacial score (nSPS) is 18.0. The van der Waals surface area contributed by atoms with Crippen molar-refractivity contribution in [1.82, 2.24) is 24.9 Å². The number of piperidine rings is 1. The molecule has 0 saturated carbocycles. The summed E-state index contributed by atoms with van der Waals surface area (Å²) in [6.45, 7) is 7.89. The Morgan fingerprint density at radius 3 is 2.67 bits per heavy atom. The summed E-state index contributed by atoms with van der Waals surface area (Å²) >= 11 is 0. The van der Waals surface area contributed by atoms with Gasteiger partial charge in [-0.3, -0.25) is 14.6 Å². The van der Waals surface area contributed by atoms with Crippen molar-refractivity contribution in [2.75, 3.05) is 13.1 Å². The van der Waals surface area contributed by atoms with Crippen molar-refractivity contribution >= 4 is 0 Å². The lowest BCUT2D eigenvalue weighted by atomic mass is 9.96. The van der Waals surface area contributed by atoms with Crippen LogP contribution in [-0.2, 0) is 19.5 Å². The van der Waals surface area contributed by atoms with Crippen molar-refractivity contribution in [3.8, 4) is 0 Å². The maximum Gasteiger partial charge on any atom is 0.111 e. The minimum absolute atomic E-state index is 0.549. The monoisotopic (exact) mass is 329 g/mol. The first kappa shape index (κ1) is 17.0. The first-order valence-electron chi connectivity index (χ1n) is 8.88. The lowest BCUT2D eigenvalue weighted by Crippen LogP contribution is -2.34. The van der Waals surface area contributed by atoms with Crippen LogP contribution in [0.4, 0.5) is 0 Å². The second kappa shape index (κ2) is 7.85. The van der Waals surface area contributed by atoms with Crippen molar-refractivity contribution in [3.05, 3.63) is 41.5 Å². The molecular weight excluding hydrogens is 302 g/mol. The zero-order valence-electron chi connectivity index (χ0n) is 14.6. The summed E-state index contributed by atoms with van der Waals surface area (Å²) in [6.07, 6.45) is 6.67. The lowest BCUT2D eigenvalue weighted by Gasteiger charge is -2.31. The topological polar surface area (TPSA) is 67.1 Å². The molecule has 130 valence electrons. The molecule has 1 N–H and O–H groups in total. The van der Waals surface area contributed by atoms with Crippen LogP contribution in [0, 0.1) is 5.92 Å². The molecule has 0 aliphatic carbocycles. The first-order valence-corrected chi connectivity index (χ1v) is 8.88. The number of pyridine rings is 1. The molecule has 2 aromatic rings. The van der Waals surface area contributed by atoms with Gasteiger partial charge in [0.25, 0.3) is 0 Å². The summed E-state index contributed by atoms with van der Waals surface area (Å²) in [4.78, 5) is 7.04. The molecule has 1 fully saturated rings. The third kappa shape index (κ3) is 4.39. The molecule has 1 atom stereocenters. The minimum Gasteiger partial charge on any atom is -0.387 e. The highest BCUT2D eigenvalue weighted by Crippen LogP contribution is 2.20. The predicted octanol–water partition coefficient (Wildman–Crippen LogP) is 2.20. The average Bonchev–Trinajstić information content (AvgIpc) is 3.06. The van der Waals surface area contributed by atoms with E-state index in [1.807, 2.05) is 17.1 Å². The number of aromatic nitrogens is 4.